The van der Waals surface area contributed by atoms with E-state index in [1.165, 1.54) is 0 Å². The van der Waals surface area contributed by atoms with Crippen LogP contribution in [-0.2, 0) is 0 Å². The van der Waals surface area contributed by atoms with Crippen molar-refractivity contribution in [1.29, 1.82) is 0 Å². The van der Waals surface area contributed by atoms with Gasteiger partial charge < -0.3 is 15.0 Å². The van der Waals surface area contributed by atoms with Gasteiger partial charge in [0.1, 0.15) is 11.4 Å². The lowest BCUT2D eigenvalue weighted by atomic mass is 9.97. The van der Waals surface area contributed by atoms with Crippen LogP contribution in [0, 0.1) is 19.8 Å². The summed E-state index contributed by atoms with van der Waals surface area (Å²) in [6.45, 7) is 8.06. The predicted molar refractivity (Wildman–Crippen MR) is 107 cm³/mol. The smallest absolute Gasteiger partial charge is 0.229 e. The van der Waals surface area contributed by atoms with Crippen LogP contribution in [0.1, 0.15) is 35.2 Å². The van der Waals surface area contributed by atoms with Gasteiger partial charge in [0.15, 0.2) is 0 Å². The largest absolute Gasteiger partial charge is 0.491 e. The summed E-state index contributed by atoms with van der Waals surface area (Å²) in [5.74, 6) is 1.45. The SMILES string of the molecule is CCCOc1cccnc1C(=O)C1NCC2CN(c3nc(C)cc(C)n3)C=C21. The van der Waals surface area contributed by atoms with Crippen LogP contribution in [0.25, 0.3) is 0 Å². The van der Waals surface area contributed by atoms with Crippen LogP contribution in [0.3, 0.4) is 0 Å². The summed E-state index contributed by atoms with van der Waals surface area (Å²) in [6.07, 6.45) is 4.54. The van der Waals surface area contributed by atoms with E-state index in [9.17, 15) is 4.79 Å². The molecule has 2 atom stereocenters. The lowest BCUT2D eigenvalue weighted by molar-refractivity contribution is 0.0956. The van der Waals surface area contributed by atoms with Gasteiger partial charge in [-0.3, -0.25) is 4.79 Å². The standard InChI is InChI=1S/C21H25N5O2/c1-4-8-28-17-6-5-7-22-19(17)20(27)18-16-12-26(11-15(16)10-23-18)21-24-13(2)9-14(3)25-21/h5-7,9,12,15,18,23H,4,8,10-11H2,1-3H3. The maximum atomic E-state index is 13.2. The van der Waals surface area contributed by atoms with Gasteiger partial charge in [-0.25, -0.2) is 15.0 Å². The Hall–Kier alpha value is -2.80. The monoisotopic (exact) mass is 379 g/mol. The molecule has 7 heteroatoms. The number of Topliss-reactive ketones (excluding diaryl/α,β-unsaturated/α-hetero) is 1. The molecule has 4 heterocycles. The topological polar surface area (TPSA) is 80.2 Å². The summed E-state index contributed by atoms with van der Waals surface area (Å²) in [6, 6.07) is 5.17. The highest BCUT2D eigenvalue weighted by Crippen LogP contribution is 2.33. The minimum absolute atomic E-state index is 0.0522. The van der Waals surface area contributed by atoms with Gasteiger partial charge in [0.05, 0.1) is 12.6 Å². The number of ketones is 1. The van der Waals surface area contributed by atoms with E-state index in [1.807, 2.05) is 37.9 Å². The van der Waals surface area contributed by atoms with Crippen molar-refractivity contribution in [3.8, 4) is 5.75 Å². The van der Waals surface area contributed by atoms with Crippen LogP contribution in [0.2, 0.25) is 0 Å². The van der Waals surface area contributed by atoms with Crippen molar-refractivity contribution in [1.82, 2.24) is 20.3 Å². The number of fused-ring (bicyclic) bond motifs is 1. The fourth-order valence-corrected chi connectivity index (χ4v) is 3.81. The molecule has 2 aromatic rings. The molecule has 1 saturated heterocycles. The summed E-state index contributed by atoms with van der Waals surface area (Å²) >= 11 is 0. The summed E-state index contributed by atoms with van der Waals surface area (Å²) in [5, 5.41) is 3.35. The minimum Gasteiger partial charge on any atom is -0.491 e. The molecule has 0 saturated carbocycles. The fraction of sp³-hybridized carbons (Fsp3) is 0.429. The van der Waals surface area contributed by atoms with Gasteiger partial charge in [-0.1, -0.05) is 6.92 Å². The van der Waals surface area contributed by atoms with E-state index in [-0.39, 0.29) is 17.7 Å². The Morgan fingerprint density at radius 1 is 1.32 bits per heavy atom. The van der Waals surface area contributed by atoms with E-state index < -0.39 is 0 Å². The van der Waals surface area contributed by atoms with Crippen molar-refractivity contribution >= 4 is 11.7 Å². The zero-order valence-electron chi connectivity index (χ0n) is 16.5. The van der Waals surface area contributed by atoms with E-state index >= 15 is 0 Å². The molecule has 0 radical (unpaired) electrons. The molecule has 4 rings (SSSR count). The van der Waals surface area contributed by atoms with Crippen LogP contribution in [0.15, 0.2) is 36.2 Å². The van der Waals surface area contributed by atoms with Crippen molar-refractivity contribution in [2.45, 2.75) is 33.2 Å². The molecular formula is C21H25N5O2. The first kappa shape index (κ1) is 18.6. The van der Waals surface area contributed by atoms with Crippen LogP contribution in [-0.4, -0.2) is 46.5 Å². The highest BCUT2D eigenvalue weighted by molar-refractivity contribution is 6.03. The van der Waals surface area contributed by atoms with Gasteiger partial charge in [-0.2, -0.15) is 0 Å². The molecule has 0 spiro atoms. The predicted octanol–water partition coefficient (Wildman–Crippen LogP) is 2.45. The highest BCUT2D eigenvalue weighted by Gasteiger charge is 2.41. The van der Waals surface area contributed by atoms with Crippen molar-refractivity contribution in [2.24, 2.45) is 5.92 Å². The number of aryl methyl sites for hydroxylation is 2. The molecule has 0 amide bonds. The van der Waals surface area contributed by atoms with Gasteiger partial charge in [0, 0.05) is 42.8 Å². The van der Waals surface area contributed by atoms with Crippen molar-refractivity contribution < 1.29 is 9.53 Å². The average molecular weight is 379 g/mol. The number of nitrogens with zero attached hydrogens (tertiary/aromatic N) is 4. The van der Waals surface area contributed by atoms with E-state index in [4.69, 9.17) is 4.74 Å². The van der Waals surface area contributed by atoms with E-state index in [1.54, 1.807) is 18.3 Å². The summed E-state index contributed by atoms with van der Waals surface area (Å²) in [5.41, 5.74) is 3.33. The molecule has 28 heavy (non-hydrogen) atoms. The van der Waals surface area contributed by atoms with E-state index in [0.29, 0.717) is 24.0 Å². The first-order valence-electron chi connectivity index (χ1n) is 9.72. The molecule has 0 aliphatic carbocycles. The molecule has 2 aliphatic heterocycles. The summed E-state index contributed by atoms with van der Waals surface area (Å²) in [7, 11) is 0. The molecule has 2 aliphatic rings. The van der Waals surface area contributed by atoms with Crippen LogP contribution in [0.4, 0.5) is 5.95 Å². The number of hydrogen-bond acceptors (Lipinski definition) is 7. The Balaban J connectivity index is 1.59. The van der Waals surface area contributed by atoms with E-state index in [0.717, 1.165) is 36.5 Å². The Bertz CT molecular complexity index is 907. The maximum absolute atomic E-state index is 13.2. The van der Waals surface area contributed by atoms with Crippen molar-refractivity contribution in [2.75, 3.05) is 24.6 Å². The second kappa shape index (κ2) is 7.67. The number of anilines is 1. The van der Waals surface area contributed by atoms with Gasteiger partial charge in [0.25, 0.3) is 0 Å². The van der Waals surface area contributed by atoms with Gasteiger partial charge in [0.2, 0.25) is 11.7 Å². The lowest BCUT2D eigenvalue weighted by Gasteiger charge is -2.17. The molecule has 2 aromatic heterocycles. The molecule has 1 fully saturated rings. The zero-order chi connectivity index (χ0) is 19.7. The van der Waals surface area contributed by atoms with Crippen molar-refractivity contribution in [3.63, 3.8) is 0 Å². The third-order valence-electron chi connectivity index (χ3n) is 5.05. The first-order valence-corrected chi connectivity index (χ1v) is 9.72. The quantitative estimate of drug-likeness (QED) is 0.772. The first-order chi connectivity index (χ1) is 13.6. The Morgan fingerprint density at radius 2 is 2.11 bits per heavy atom. The molecule has 2 unspecified atom stereocenters. The Morgan fingerprint density at radius 3 is 2.86 bits per heavy atom. The van der Waals surface area contributed by atoms with Crippen molar-refractivity contribution in [3.05, 3.63) is 53.3 Å². The molecule has 146 valence electrons. The average Bonchev–Trinajstić information content (AvgIpc) is 3.26. The van der Waals surface area contributed by atoms with E-state index in [2.05, 4.69) is 20.3 Å². The number of nitrogens with one attached hydrogen (secondary N) is 1. The number of rotatable bonds is 6. The molecule has 1 N–H and O–H groups in total. The summed E-state index contributed by atoms with van der Waals surface area (Å²) in [4.78, 5) is 28.7. The normalized spacial score (nSPS) is 20.8. The zero-order valence-corrected chi connectivity index (χ0v) is 16.5. The molecule has 7 nitrogen and oxygen atoms in total. The maximum Gasteiger partial charge on any atom is 0.229 e. The molecule has 0 aromatic carbocycles. The Labute approximate surface area is 164 Å². The molecular weight excluding hydrogens is 354 g/mol. The highest BCUT2D eigenvalue weighted by atomic mass is 16.5. The third kappa shape index (κ3) is 3.49. The van der Waals surface area contributed by atoms with Gasteiger partial charge in [-0.05, 0) is 44.0 Å². The number of carbonyl (C=O) groups is 1. The van der Waals surface area contributed by atoms with Crippen LogP contribution < -0.4 is 15.0 Å². The fourth-order valence-electron chi connectivity index (χ4n) is 3.81. The molecule has 0 bridgehead atoms. The van der Waals surface area contributed by atoms with Gasteiger partial charge in [-0.15, -0.1) is 0 Å². The number of carbonyl (C=O) groups excluding carboxylic acids is 1. The number of hydrogen-bond donors (Lipinski definition) is 1. The number of pyridine rings is 1. The second-order valence-corrected chi connectivity index (χ2v) is 7.33. The van der Waals surface area contributed by atoms with Crippen LogP contribution >= 0.6 is 0 Å². The second-order valence-electron chi connectivity index (χ2n) is 7.33. The summed E-state index contributed by atoms with van der Waals surface area (Å²) < 4.78 is 5.73. The lowest BCUT2D eigenvalue weighted by Crippen LogP contribution is -2.33. The minimum atomic E-state index is -0.389. The van der Waals surface area contributed by atoms with Gasteiger partial charge >= 0.3 is 0 Å². The number of ether oxygens (including phenoxy) is 1. The Kier molecular flexibility index (Phi) is 5.09. The van der Waals surface area contributed by atoms with Crippen LogP contribution in [0.5, 0.6) is 5.75 Å². The number of aromatic nitrogens is 3. The third-order valence-corrected chi connectivity index (χ3v) is 5.05.